The second kappa shape index (κ2) is 12.2. The summed E-state index contributed by atoms with van der Waals surface area (Å²) in [5.41, 5.74) is 11.1. The molecule has 1 heterocycles. The summed E-state index contributed by atoms with van der Waals surface area (Å²) in [6.07, 6.45) is 2.01. The molecule has 0 fully saturated rings. The molecule has 0 bridgehead atoms. The molecule has 3 aromatic rings. The summed E-state index contributed by atoms with van der Waals surface area (Å²) < 4.78 is 13.0. The number of nitrogens with two attached hydrogens (primary N) is 2. The Balaban J connectivity index is 2.09. The van der Waals surface area contributed by atoms with E-state index < -0.39 is 17.4 Å². The van der Waals surface area contributed by atoms with Gasteiger partial charge in [0, 0.05) is 6.54 Å². The molecule has 0 aliphatic rings. The molecule has 3 rings (SSSR count). The Morgan fingerprint density at radius 2 is 1.69 bits per heavy atom. The van der Waals surface area contributed by atoms with Crippen LogP contribution in [0.2, 0.25) is 0 Å². The van der Waals surface area contributed by atoms with E-state index in [1.165, 1.54) is 4.57 Å². The Bertz CT molecular complexity index is 1310. The molecule has 11 nitrogen and oxygen atoms in total. The van der Waals surface area contributed by atoms with Gasteiger partial charge in [-0.2, -0.15) is 4.98 Å². The zero-order valence-electron chi connectivity index (χ0n) is 20.4. The molecular weight excluding hydrogens is 462 g/mol. The molecule has 0 spiro atoms. The fourth-order valence-electron chi connectivity index (χ4n) is 3.69. The minimum Gasteiger partial charge on any atom is -0.497 e. The van der Waals surface area contributed by atoms with Crippen LogP contribution in [-0.4, -0.2) is 47.4 Å². The highest BCUT2D eigenvalue weighted by atomic mass is 16.5. The first-order valence-corrected chi connectivity index (χ1v) is 11.3. The molecule has 0 radical (unpaired) electrons. The van der Waals surface area contributed by atoms with Crippen molar-refractivity contribution in [2.45, 2.75) is 19.0 Å². The Labute approximate surface area is 208 Å². The molecule has 36 heavy (non-hydrogen) atoms. The van der Waals surface area contributed by atoms with E-state index in [1.807, 2.05) is 24.3 Å². The molecule has 0 saturated carbocycles. The van der Waals surface area contributed by atoms with Crippen LogP contribution in [0.3, 0.4) is 0 Å². The van der Waals surface area contributed by atoms with Crippen molar-refractivity contribution in [2.24, 2.45) is 16.5 Å². The van der Waals surface area contributed by atoms with Gasteiger partial charge in [0.25, 0.3) is 0 Å². The lowest BCUT2D eigenvalue weighted by molar-refractivity contribution is 0.414. The first kappa shape index (κ1) is 26.1. The minimum absolute atomic E-state index is 0.0532. The molecule has 0 aliphatic heterocycles. The lowest BCUT2D eigenvalue weighted by Crippen LogP contribution is -2.45. The van der Waals surface area contributed by atoms with Crippen molar-refractivity contribution < 1.29 is 9.47 Å². The molecule has 0 amide bonds. The maximum atomic E-state index is 13.8. The van der Waals surface area contributed by atoms with Crippen LogP contribution in [0.1, 0.15) is 23.6 Å². The Morgan fingerprint density at radius 1 is 1.08 bits per heavy atom. The van der Waals surface area contributed by atoms with Crippen LogP contribution in [0.25, 0.3) is 0 Å². The van der Waals surface area contributed by atoms with Crippen molar-refractivity contribution in [1.29, 1.82) is 0 Å². The van der Waals surface area contributed by atoms with E-state index in [1.54, 1.807) is 44.6 Å². The number of hydrogen-bond acceptors (Lipinski definition) is 7. The van der Waals surface area contributed by atoms with Crippen LogP contribution in [0.15, 0.2) is 75.8 Å². The number of anilines is 1. The predicted molar refractivity (Wildman–Crippen MR) is 140 cm³/mol. The zero-order valence-corrected chi connectivity index (χ0v) is 20.4. The van der Waals surface area contributed by atoms with Crippen molar-refractivity contribution in [3.05, 3.63) is 93.3 Å². The number of hydrogen-bond donors (Lipinski definition) is 3. The molecule has 190 valence electrons. The van der Waals surface area contributed by atoms with E-state index in [0.29, 0.717) is 17.9 Å². The quantitative estimate of drug-likeness (QED) is 0.148. The van der Waals surface area contributed by atoms with E-state index in [-0.39, 0.29) is 31.5 Å². The first-order chi connectivity index (χ1) is 17.4. The molecule has 1 atom stereocenters. The fourth-order valence-corrected chi connectivity index (χ4v) is 3.69. The lowest BCUT2D eigenvalue weighted by atomic mass is 10.0. The predicted octanol–water partition coefficient (Wildman–Crippen LogP) is 1.32. The van der Waals surface area contributed by atoms with Gasteiger partial charge in [0.15, 0.2) is 5.96 Å². The van der Waals surface area contributed by atoms with Gasteiger partial charge in [-0.3, -0.25) is 9.56 Å². The maximum Gasteiger partial charge on any atom is 0.355 e. The standard InChI is InChI=1S/C25H31N7O4/c1-4-5-21(18-8-12-20(36-3)13-9-18)32-24(33)30-23(29-15-14-28-22(26)27)31(25(32)34)16-17-6-10-19(35-2)11-7-17/h4,6-13,21H,1,5,14-16H2,2-3H3,(H4,26,27,28)(H,29,30,33). The van der Waals surface area contributed by atoms with Crippen molar-refractivity contribution in [1.82, 2.24) is 14.1 Å². The Morgan fingerprint density at radius 3 is 2.25 bits per heavy atom. The second-order valence-corrected chi connectivity index (χ2v) is 7.85. The van der Waals surface area contributed by atoms with Gasteiger partial charge >= 0.3 is 11.4 Å². The molecule has 1 aromatic heterocycles. The van der Waals surface area contributed by atoms with E-state index in [9.17, 15) is 9.59 Å². The van der Waals surface area contributed by atoms with Gasteiger partial charge in [0.05, 0.1) is 33.4 Å². The van der Waals surface area contributed by atoms with E-state index in [4.69, 9.17) is 20.9 Å². The summed E-state index contributed by atoms with van der Waals surface area (Å²) in [4.78, 5) is 35.1. The van der Waals surface area contributed by atoms with E-state index in [2.05, 4.69) is 21.9 Å². The number of aliphatic imine (C=N–C) groups is 1. The average molecular weight is 494 g/mol. The van der Waals surface area contributed by atoms with Crippen LogP contribution in [-0.2, 0) is 6.54 Å². The van der Waals surface area contributed by atoms with Crippen molar-refractivity contribution in [3.8, 4) is 11.5 Å². The SMILES string of the molecule is C=CCC(c1ccc(OC)cc1)n1c(=O)nc(NCCN=C(N)N)n(Cc2ccc(OC)cc2)c1=O. The Hall–Kier alpha value is -4.54. The van der Waals surface area contributed by atoms with Gasteiger partial charge in [0.2, 0.25) is 5.95 Å². The van der Waals surface area contributed by atoms with Crippen molar-refractivity contribution >= 4 is 11.9 Å². The van der Waals surface area contributed by atoms with Crippen molar-refractivity contribution in [2.75, 3.05) is 32.6 Å². The van der Waals surface area contributed by atoms with E-state index >= 15 is 0 Å². The van der Waals surface area contributed by atoms with Crippen LogP contribution >= 0.6 is 0 Å². The summed E-state index contributed by atoms with van der Waals surface area (Å²) in [5.74, 6) is 1.42. The van der Waals surface area contributed by atoms with E-state index in [0.717, 1.165) is 15.7 Å². The summed E-state index contributed by atoms with van der Waals surface area (Å²) >= 11 is 0. The molecule has 0 saturated heterocycles. The molecule has 2 aromatic carbocycles. The van der Waals surface area contributed by atoms with Gasteiger partial charge in [0.1, 0.15) is 11.5 Å². The van der Waals surface area contributed by atoms with Crippen LogP contribution in [0, 0.1) is 0 Å². The summed E-state index contributed by atoms with van der Waals surface area (Å²) in [6.45, 7) is 4.49. The number of rotatable bonds is 12. The van der Waals surface area contributed by atoms with Gasteiger partial charge in [-0.05, 0) is 41.8 Å². The number of benzene rings is 2. The first-order valence-electron chi connectivity index (χ1n) is 11.3. The van der Waals surface area contributed by atoms with Gasteiger partial charge < -0.3 is 26.3 Å². The zero-order chi connectivity index (χ0) is 26.1. The minimum atomic E-state index is -0.682. The summed E-state index contributed by atoms with van der Waals surface area (Å²) in [5, 5.41) is 3.01. The van der Waals surface area contributed by atoms with Gasteiger partial charge in [-0.15, -0.1) is 6.58 Å². The molecule has 5 N–H and O–H groups in total. The van der Waals surface area contributed by atoms with Crippen molar-refractivity contribution in [3.63, 3.8) is 0 Å². The average Bonchev–Trinajstić information content (AvgIpc) is 2.88. The van der Waals surface area contributed by atoms with Crippen LogP contribution in [0.5, 0.6) is 11.5 Å². The van der Waals surface area contributed by atoms with Gasteiger partial charge in [-0.1, -0.05) is 30.3 Å². The topological polar surface area (TPSA) is 152 Å². The molecule has 11 heteroatoms. The third kappa shape index (κ3) is 6.32. The smallest absolute Gasteiger partial charge is 0.355 e. The number of ether oxygens (including phenoxy) is 2. The molecular formula is C25H31N7O4. The van der Waals surface area contributed by atoms with Crippen LogP contribution < -0.4 is 37.6 Å². The number of methoxy groups -OCH3 is 2. The highest BCUT2D eigenvalue weighted by Gasteiger charge is 2.21. The monoisotopic (exact) mass is 493 g/mol. The molecule has 0 aliphatic carbocycles. The number of allylic oxidation sites excluding steroid dienone is 1. The van der Waals surface area contributed by atoms with Gasteiger partial charge in [-0.25, -0.2) is 14.2 Å². The highest BCUT2D eigenvalue weighted by Crippen LogP contribution is 2.23. The second-order valence-electron chi connectivity index (χ2n) is 7.85. The number of aromatic nitrogens is 3. The third-order valence-corrected chi connectivity index (χ3v) is 5.49. The molecule has 1 unspecified atom stereocenters. The number of guanidine groups is 1. The maximum absolute atomic E-state index is 13.8. The fraction of sp³-hybridized carbons (Fsp3) is 0.280. The Kier molecular flexibility index (Phi) is 8.87. The largest absolute Gasteiger partial charge is 0.497 e. The van der Waals surface area contributed by atoms with Crippen LogP contribution in [0.4, 0.5) is 5.95 Å². The highest BCUT2D eigenvalue weighted by molar-refractivity contribution is 5.75. The summed E-state index contributed by atoms with van der Waals surface area (Å²) in [6, 6.07) is 13.9. The normalized spacial score (nSPS) is 11.4. The number of nitrogens with zero attached hydrogens (tertiary/aromatic N) is 4. The third-order valence-electron chi connectivity index (χ3n) is 5.49. The summed E-state index contributed by atoms with van der Waals surface area (Å²) in [7, 11) is 3.15. The number of nitrogens with one attached hydrogen (secondary N) is 1. The lowest BCUT2D eigenvalue weighted by Gasteiger charge is -2.21.